The van der Waals surface area contributed by atoms with Gasteiger partial charge in [0.25, 0.3) is 0 Å². The highest BCUT2D eigenvalue weighted by molar-refractivity contribution is 8.03. The number of carbonyl (C=O) groups is 2. The average Bonchev–Trinajstić information content (AvgIpc) is 3.57. The monoisotopic (exact) mass is 543 g/mol. The number of allylic oxidation sites excluding steroid dienone is 1. The minimum absolute atomic E-state index is 0.0190. The quantitative estimate of drug-likeness (QED) is 0.395. The SMILES string of the molecule is CC(C)COC(=O)C1C2=C(CCC(C)(C)C2)SC1c1ccc(CNC(=O)OCC23OCCC2CCO3)cc1. The third kappa shape index (κ3) is 5.92. The van der Waals surface area contributed by atoms with Gasteiger partial charge in [0.15, 0.2) is 0 Å². The zero-order chi connectivity index (χ0) is 26.9. The highest BCUT2D eigenvalue weighted by atomic mass is 32.2. The van der Waals surface area contributed by atoms with Crippen molar-refractivity contribution in [1.82, 2.24) is 5.32 Å². The number of amides is 1. The smallest absolute Gasteiger partial charge is 0.407 e. The van der Waals surface area contributed by atoms with Crippen LogP contribution in [0, 0.1) is 23.2 Å². The number of benzene rings is 1. The molecule has 1 aromatic rings. The first kappa shape index (κ1) is 27.5. The van der Waals surface area contributed by atoms with Crippen molar-refractivity contribution in [2.45, 2.75) is 77.4 Å². The molecule has 2 unspecified atom stereocenters. The lowest BCUT2D eigenvalue weighted by atomic mass is 9.73. The number of alkyl carbamates (subject to hydrolysis) is 1. The van der Waals surface area contributed by atoms with Gasteiger partial charge in [0.05, 0.1) is 31.0 Å². The molecule has 2 saturated heterocycles. The van der Waals surface area contributed by atoms with Gasteiger partial charge in [-0.25, -0.2) is 4.79 Å². The van der Waals surface area contributed by atoms with Gasteiger partial charge in [-0.15, -0.1) is 11.8 Å². The van der Waals surface area contributed by atoms with E-state index in [2.05, 4.69) is 45.1 Å². The molecule has 7 nitrogen and oxygen atoms in total. The summed E-state index contributed by atoms with van der Waals surface area (Å²) < 4.78 is 22.8. The number of thioether (sulfide) groups is 1. The lowest BCUT2D eigenvalue weighted by molar-refractivity contribution is -0.216. The van der Waals surface area contributed by atoms with Gasteiger partial charge in [-0.1, -0.05) is 52.0 Å². The van der Waals surface area contributed by atoms with Crippen LogP contribution in [-0.2, 0) is 30.3 Å². The van der Waals surface area contributed by atoms with E-state index in [1.807, 2.05) is 23.9 Å². The molecule has 2 fully saturated rings. The zero-order valence-electron chi connectivity index (χ0n) is 23.0. The van der Waals surface area contributed by atoms with Crippen LogP contribution in [0.1, 0.15) is 76.2 Å². The molecule has 1 N–H and O–H groups in total. The second kappa shape index (κ2) is 11.2. The topological polar surface area (TPSA) is 83.1 Å². The number of carbonyl (C=O) groups excluding carboxylic acids is 2. The molecule has 5 rings (SSSR count). The maximum absolute atomic E-state index is 13.3. The summed E-state index contributed by atoms with van der Waals surface area (Å²) in [6.45, 7) is 10.9. The van der Waals surface area contributed by atoms with Crippen LogP contribution in [-0.4, -0.2) is 44.3 Å². The summed E-state index contributed by atoms with van der Waals surface area (Å²) in [5.41, 5.74) is 3.56. The van der Waals surface area contributed by atoms with E-state index in [-0.39, 0.29) is 29.2 Å². The normalized spacial score (nSPS) is 29.8. The summed E-state index contributed by atoms with van der Waals surface area (Å²) in [7, 11) is 0. The Labute approximate surface area is 230 Å². The van der Waals surface area contributed by atoms with Gasteiger partial charge in [-0.05, 0) is 65.0 Å². The molecule has 1 amide bonds. The Balaban J connectivity index is 1.20. The van der Waals surface area contributed by atoms with E-state index in [9.17, 15) is 9.59 Å². The van der Waals surface area contributed by atoms with E-state index in [0.29, 0.717) is 38.2 Å². The minimum atomic E-state index is -0.757. The fourth-order valence-electron chi connectivity index (χ4n) is 6.03. The summed E-state index contributed by atoms with van der Waals surface area (Å²) in [6.07, 6.45) is 4.52. The number of hydrogen-bond donors (Lipinski definition) is 1. The number of rotatable bonds is 8. The molecule has 0 saturated carbocycles. The highest BCUT2D eigenvalue weighted by Gasteiger charge is 2.50. The van der Waals surface area contributed by atoms with Crippen LogP contribution in [0.3, 0.4) is 0 Å². The van der Waals surface area contributed by atoms with Gasteiger partial charge >= 0.3 is 12.1 Å². The highest BCUT2D eigenvalue weighted by Crippen LogP contribution is 2.59. The second-order valence-electron chi connectivity index (χ2n) is 12.3. The molecular weight excluding hydrogens is 502 g/mol. The van der Waals surface area contributed by atoms with Crippen LogP contribution in [0.5, 0.6) is 0 Å². The molecule has 8 heteroatoms. The van der Waals surface area contributed by atoms with E-state index in [4.69, 9.17) is 18.9 Å². The van der Waals surface area contributed by atoms with Gasteiger partial charge in [0, 0.05) is 12.5 Å². The molecule has 3 aliphatic heterocycles. The first-order valence-electron chi connectivity index (χ1n) is 14.0. The van der Waals surface area contributed by atoms with E-state index >= 15 is 0 Å². The summed E-state index contributed by atoms with van der Waals surface area (Å²) in [6, 6.07) is 8.19. The average molecular weight is 544 g/mol. The predicted molar refractivity (Wildman–Crippen MR) is 146 cm³/mol. The third-order valence-corrected chi connectivity index (χ3v) is 9.76. The van der Waals surface area contributed by atoms with E-state index in [1.54, 1.807) is 0 Å². The Morgan fingerprint density at radius 1 is 1.11 bits per heavy atom. The fraction of sp³-hybridized carbons (Fsp3) is 0.667. The molecule has 4 aliphatic rings. The van der Waals surface area contributed by atoms with Crippen LogP contribution >= 0.6 is 11.8 Å². The predicted octanol–water partition coefficient (Wildman–Crippen LogP) is 6.13. The molecule has 0 spiro atoms. The van der Waals surface area contributed by atoms with Crippen molar-refractivity contribution in [3.63, 3.8) is 0 Å². The lowest BCUT2D eigenvalue weighted by Crippen LogP contribution is -2.40. The number of esters is 1. The fourth-order valence-corrected chi connectivity index (χ4v) is 7.61. The Kier molecular flexibility index (Phi) is 8.13. The van der Waals surface area contributed by atoms with Gasteiger partial charge in [-0.2, -0.15) is 0 Å². The number of hydrogen-bond acceptors (Lipinski definition) is 7. The van der Waals surface area contributed by atoms with Crippen LogP contribution < -0.4 is 5.32 Å². The zero-order valence-corrected chi connectivity index (χ0v) is 23.9. The van der Waals surface area contributed by atoms with E-state index in [0.717, 1.165) is 43.2 Å². The van der Waals surface area contributed by atoms with Crippen LogP contribution in [0.2, 0.25) is 0 Å². The van der Waals surface area contributed by atoms with Crippen molar-refractivity contribution < 1.29 is 28.5 Å². The molecule has 2 atom stereocenters. The van der Waals surface area contributed by atoms with Gasteiger partial charge in [0.1, 0.15) is 6.61 Å². The first-order chi connectivity index (χ1) is 18.2. The summed E-state index contributed by atoms with van der Waals surface area (Å²) in [5, 5.41) is 2.85. The van der Waals surface area contributed by atoms with Crippen LogP contribution in [0.25, 0.3) is 0 Å². The van der Waals surface area contributed by atoms with Crippen LogP contribution in [0.15, 0.2) is 34.7 Å². The molecule has 0 bridgehead atoms. The molecule has 1 aliphatic carbocycles. The van der Waals surface area contributed by atoms with Crippen molar-refractivity contribution in [2.75, 3.05) is 26.4 Å². The van der Waals surface area contributed by atoms with E-state index < -0.39 is 11.9 Å². The largest absolute Gasteiger partial charge is 0.465 e. The molecule has 0 aromatic heterocycles. The van der Waals surface area contributed by atoms with Gasteiger partial charge in [-0.3, -0.25) is 4.79 Å². The number of ether oxygens (including phenoxy) is 4. The van der Waals surface area contributed by atoms with Crippen molar-refractivity contribution in [2.24, 2.45) is 23.2 Å². The Morgan fingerprint density at radius 3 is 2.50 bits per heavy atom. The Hall–Kier alpha value is -2.03. The molecular formula is C30H41NO6S. The molecule has 0 radical (unpaired) electrons. The minimum Gasteiger partial charge on any atom is -0.465 e. The van der Waals surface area contributed by atoms with Crippen molar-refractivity contribution in [1.29, 1.82) is 0 Å². The molecule has 38 heavy (non-hydrogen) atoms. The van der Waals surface area contributed by atoms with Crippen molar-refractivity contribution in [3.05, 3.63) is 45.9 Å². The van der Waals surface area contributed by atoms with Crippen molar-refractivity contribution >= 4 is 23.8 Å². The Bertz CT molecular complexity index is 1060. The maximum Gasteiger partial charge on any atom is 0.407 e. The van der Waals surface area contributed by atoms with E-state index in [1.165, 1.54) is 10.5 Å². The summed E-state index contributed by atoms with van der Waals surface area (Å²) >= 11 is 1.83. The molecule has 3 heterocycles. The van der Waals surface area contributed by atoms with Gasteiger partial charge in [0.2, 0.25) is 5.79 Å². The Morgan fingerprint density at radius 2 is 1.82 bits per heavy atom. The number of nitrogens with one attached hydrogen (secondary N) is 1. The molecule has 1 aromatic carbocycles. The summed E-state index contributed by atoms with van der Waals surface area (Å²) in [4.78, 5) is 27.0. The number of fused-ring (bicyclic) bond motifs is 1. The lowest BCUT2D eigenvalue weighted by Gasteiger charge is -2.32. The summed E-state index contributed by atoms with van der Waals surface area (Å²) in [5.74, 6) is -0.502. The van der Waals surface area contributed by atoms with Crippen molar-refractivity contribution in [3.8, 4) is 0 Å². The molecule has 208 valence electrons. The first-order valence-corrected chi connectivity index (χ1v) is 14.9. The maximum atomic E-state index is 13.3. The third-order valence-electron chi connectivity index (χ3n) is 8.21. The van der Waals surface area contributed by atoms with Gasteiger partial charge < -0.3 is 24.3 Å². The second-order valence-corrected chi connectivity index (χ2v) is 13.5. The standard InChI is InChI=1S/C30H41NO6S/c1-19(2)17-34-27(32)25-23-15-29(3,4)12-9-24(23)38-26(25)21-7-5-20(6-8-21)16-31-28(33)35-18-30-22(10-13-36-30)11-14-37-30/h5-8,19,22,25-26H,9-18H2,1-4H3,(H,31,33). The van der Waals surface area contributed by atoms with Crippen LogP contribution in [0.4, 0.5) is 4.79 Å².